The van der Waals surface area contributed by atoms with E-state index in [1.54, 1.807) is 7.11 Å². The summed E-state index contributed by atoms with van der Waals surface area (Å²) < 4.78 is 16.8. The summed E-state index contributed by atoms with van der Waals surface area (Å²) in [6, 6.07) is 6.17. The average molecular weight is 392 g/mol. The summed E-state index contributed by atoms with van der Waals surface area (Å²) in [5, 5.41) is 3.44. The first-order chi connectivity index (χ1) is 13.7. The van der Waals surface area contributed by atoms with E-state index in [-0.39, 0.29) is 0 Å². The Labute approximate surface area is 170 Å². The largest absolute Gasteiger partial charge is 0.493 e. The Hall–Kier alpha value is -1.95. The number of nitrogens with one attached hydrogen (secondary N) is 1. The van der Waals surface area contributed by atoms with E-state index in [2.05, 4.69) is 36.2 Å². The van der Waals surface area contributed by atoms with Crippen molar-refractivity contribution in [3.63, 3.8) is 0 Å². The number of piperidine rings is 1. The number of hydrogen-bond donors (Lipinski definition) is 1. The molecule has 2 rings (SSSR count). The molecule has 0 atom stereocenters. The first kappa shape index (κ1) is 22.3. The molecule has 0 aliphatic carbocycles. The van der Waals surface area contributed by atoms with E-state index >= 15 is 0 Å². The summed E-state index contributed by atoms with van der Waals surface area (Å²) in [5.41, 5.74) is 1.25. The predicted molar refractivity (Wildman–Crippen MR) is 115 cm³/mol. The molecule has 0 unspecified atom stereocenters. The van der Waals surface area contributed by atoms with Crippen molar-refractivity contribution in [2.24, 2.45) is 4.99 Å². The van der Waals surface area contributed by atoms with Gasteiger partial charge in [-0.1, -0.05) is 6.07 Å². The second-order valence-corrected chi connectivity index (χ2v) is 6.90. The highest BCUT2D eigenvalue weighted by atomic mass is 16.5. The molecule has 1 N–H and O–H groups in total. The van der Waals surface area contributed by atoms with Gasteiger partial charge in [0.05, 0.1) is 19.8 Å². The molecule has 0 bridgehead atoms. The third kappa shape index (κ3) is 6.89. The average Bonchev–Trinajstić information content (AvgIpc) is 2.72. The highest BCUT2D eigenvalue weighted by Crippen LogP contribution is 2.28. The Kier molecular flexibility index (Phi) is 9.97. The maximum absolute atomic E-state index is 5.76. The maximum atomic E-state index is 5.76. The summed E-state index contributed by atoms with van der Waals surface area (Å²) in [6.45, 7) is 11.3. The number of nitrogens with zero attached hydrogens (tertiary/aromatic N) is 2. The van der Waals surface area contributed by atoms with Gasteiger partial charge in [-0.2, -0.15) is 0 Å². The van der Waals surface area contributed by atoms with Gasteiger partial charge in [0, 0.05) is 32.8 Å². The van der Waals surface area contributed by atoms with E-state index in [0.29, 0.717) is 12.7 Å². The van der Waals surface area contributed by atoms with Gasteiger partial charge in [-0.05, 0) is 64.2 Å². The number of aryl methyl sites for hydroxylation is 1. The van der Waals surface area contributed by atoms with Gasteiger partial charge >= 0.3 is 0 Å². The molecule has 0 amide bonds. The minimum atomic E-state index is 0.402. The molecule has 6 heteroatoms. The highest BCUT2D eigenvalue weighted by molar-refractivity contribution is 5.80. The Bertz CT molecular complexity index is 599. The summed E-state index contributed by atoms with van der Waals surface area (Å²) in [6.07, 6.45) is 4.52. The van der Waals surface area contributed by atoms with Crippen LogP contribution in [0.15, 0.2) is 23.2 Å². The second kappa shape index (κ2) is 12.5. The number of likely N-dealkylation sites (tertiary alicyclic amines) is 1. The number of rotatable bonds is 10. The molecule has 28 heavy (non-hydrogen) atoms. The van der Waals surface area contributed by atoms with Gasteiger partial charge < -0.3 is 24.4 Å². The minimum absolute atomic E-state index is 0.402. The summed E-state index contributed by atoms with van der Waals surface area (Å²) in [4.78, 5) is 7.21. The molecule has 1 fully saturated rings. The molecule has 0 radical (unpaired) electrons. The monoisotopic (exact) mass is 391 g/mol. The van der Waals surface area contributed by atoms with Crippen LogP contribution in [0.2, 0.25) is 0 Å². The lowest BCUT2D eigenvalue weighted by atomic mass is 10.1. The Morgan fingerprint density at radius 3 is 2.57 bits per heavy atom. The van der Waals surface area contributed by atoms with E-state index in [1.807, 2.05) is 13.0 Å². The number of methoxy groups -OCH3 is 1. The molecule has 1 heterocycles. The van der Waals surface area contributed by atoms with E-state index in [4.69, 9.17) is 19.2 Å². The zero-order valence-corrected chi connectivity index (χ0v) is 18.0. The molecular weight excluding hydrogens is 354 g/mol. The molecule has 158 valence electrons. The van der Waals surface area contributed by atoms with Gasteiger partial charge in [-0.25, -0.2) is 0 Å². The topological polar surface area (TPSA) is 55.3 Å². The van der Waals surface area contributed by atoms with Crippen LogP contribution < -0.4 is 14.8 Å². The van der Waals surface area contributed by atoms with Crippen molar-refractivity contribution in [1.29, 1.82) is 0 Å². The van der Waals surface area contributed by atoms with E-state index in [1.165, 1.54) is 5.56 Å². The first-order valence-electron chi connectivity index (χ1n) is 10.7. The van der Waals surface area contributed by atoms with Gasteiger partial charge in [0.1, 0.15) is 0 Å². The van der Waals surface area contributed by atoms with Crippen LogP contribution in [-0.2, 0) is 11.2 Å². The number of hydrogen-bond acceptors (Lipinski definition) is 4. The van der Waals surface area contributed by atoms with Crippen LogP contribution in [0.3, 0.4) is 0 Å². The van der Waals surface area contributed by atoms with Crippen molar-refractivity contribution in [2.45, 2.75) is 52.6 Å². The van der Waals surface area contributed by atoms with Crippen molar-refractivity contribution in [1.82, 2.24) is 10.2 Å². The van der Waals surface area contributed by atoms with Crippen LogP contribution >= 0.6 is 0 Å². The summed E-state index contributed by atoms with van der Waals surface area (Å²) >= 11 is 0. The Morgan fingerprint density at radius 1 is 1.14 bits per heavy atom. The number of benzene rings is 1. The lowest BCUT2D eigenvalue weighted by molar-refractivity contribution is 0.0264. The standard InChI is InChI=1S/C22H37N3O3/c1-5-23-22(25-15-12-19(13-16-25)27-6-2)24-14-8-9-18-10-11-20(26-4)21(17-18)28-7-3/h10-11,17,19H,5-9,12-16H2,1-4H3,(H,23,24). The lowest BCUT2D eigenvalue weighted by Crippen LogP contribution is -2.47. The molecule has 0 saturated carbocycles. The van der Waals surface area contributed by atoms with E-state index in [0.717, 1.165) is 75.9 Å². The zero-order valence-electron chi connectivity index (χ0n) is 18.0. The molecule has 1 saturated heterocycles. The Balaban J connectivity index is 1.86. The van der Waals surface area contributed by atoms with Crippen molar-refractivity contribution >= 4 is 5.96 Å². The van der Waals surface area contributed by atoms with Gasteiger partial charge in [-0.3, -0.25) is 4.99 Å². The van der Waals surface area contributed by atoms with Crippen molar-refractivity contribution in [3.8, 4) is 11.5 Å². The fourth-order valence-electron chi connectivity index (χ4n) is 3.51. The first-order valence-corrected chi connectivity index (χ1v) is 10.7. The summed E-state index contributed by atoms with van der Waals surface area (Å²) in [7, 11) is 1.67. The van der Waals surface area contributed by atoms with Crippen molar-refractivity contribution in [2.75, 3.05) is 46.5 Å². The van der Waals surface area contributed by atoms with Crippen LogP contribution in [-0.4, -0.2) is 63.5 Å². The third-order valence-electron chi connectivity index (χ3n) is 4.89. The fourth-order valence-corrected chi connectivity index (χ4v) is 3.51. The quantitative estimate of drug-likeness (QED) is 0.376. The van der Waals surface area contributed by atoms with Crippen LogP contribution in [0.4, 0.5) is 0 Å². The third-order valence-corrected chi connectivity index (χ3v) is 4.89. The number of ether oxygens (including phenoxy) is 3. The molecule has 0 aromatic heterocycles. The number of guanidine groups is 1. The Morgan fingerprint density at radius 2 is 1.93 bits per heavy atom. The van der Waals surface area contributed by atoms with E-state index in [9.17, 15) is 0 Å². The normalized spacial score (nSPS) is 15.6. The SMILES string of the molecule is CCNC(=NCCCc1ccc(OC)c(OCC)c1)N1CCC(OCC)CC1. The molecule has 1 aromatic rings. The van der Waals surface area contributed by atoms with Gasteiger partial charge in [0.15, 0.2) is 17.5 Å². The van der Waals surface area contributed by atoms with Crippen LogP contribution in [0, 0.1) is 0 Å². The number of aliphatic imine (C=N–C) groups is 1. The van der Waals surface area contributed by atoms with Gasteiger partial charge in [0.25, 0.3) is 0 Å². The van der Waals surface area contributed by atoms with Crippen LogP contribution in [0.1, 0.15) is 45.6 Å². The molecule has 1 aliphatic rings. The molecule has 1 aliphatic heterocycles. The smallest absolute Gasteiger partial charge is 0.193 e. The zero-order chi connectivity index (χ0) is 20.2. The summed E-state index contributed by atoms with van der Waals surface area (Å²) in [5.74, 6) is 2.63. The minimum Gasteiger partial charge on any atom is -0.493 e. The predicted octanol–water partition coefficient (Wildman–Crippen LogP) is 3.49. The maximum Gasteiger partial charge on any atom is 0.193 e. The highest BCUT2D eigenvalue weighted by Gasteiger charge is 2.21. The fraction of sp³-hybridized carbons (Fsp3) is 0.682. The molecule has 6 nitrogen and oxygen atoms in total. The van der Waals surface area contributed by atoms with Gasteiger partial charge in [-0.15, -0.1) is 0 Å². The second-order valence-electron chi connectivity index (χ2n) is 6.90. The lowest BCUT2D eigenvalue weighted by Gasteiger charge is -2.34. The van der Waals surface area contributed by atoms with Crippen molar-refractivity contribution < 1.29 is 14.2 Å². The molecule has 0 spiro atoms. The van der Waals surface area contributed by atoms with Crippen molar-refractivity contribution in [3.05, 3.63) is 23.8 Å². The van der Waals surface area contributed by atoms with Crippen LogP contribution in [0.25, 0.3) is 0 Å². The van der Waals surface area contributed by atoms with Gasteiger partial charge in [0.2, 0.25) is 0 Å². The molecule has 1 aromatic carbocycles. The molecular formula is C22H37N3O3. The van der Waals surface area contributed by atoms with Crippen LogP contribution in [0.5, 0.6) is 11.5 Å². The van der Waals surface area contributed by atoms with E-state index < -0.39 is 0 Å².